The molecule has 1 aliphatic carbocycles. The Morgan fingerprint density at radius 3 is 2.45 bits per heavy atom. The van der Waals surface area contributed by atoms with Crippen LogP contribution in [0, 0.1) is 13.8 Å². The van der Waals surface area contributed by atoms with Crippen LogP contribution in [-0.2, 0) is 0 Å². The Bertz CT molecular complexity index is 681. The zero-order valence-electron chi connectivity index (χ0n) is 11.2. The Morgan fingerprint density at radius 1 is 1.35 bits per heavy atom. The van der Waals surface area contributed by atoms with Gasteiger partial charge >= 0.3 is 5.97 Å². The molecule has 1 aromatic carbocycles. The maximum Gasteiger partial charge on any atom is 0.347 e. The number of aromatic carboxylic acids is 1. The topological polar surface area (TPSA) is 50.2 Å². The second kappa shape index (κ2) is 4.97. The summed E-state index contributed by atoms with van der Waals surface area (Å²) in [6.07, 6.45) is 2.11. The molecular formula is C15H14BrNO2S. The molecule has 0 amide bonds. The molecule has 1 heterocycles. The van der Waals surface area contributed by atoms with Crippen molar-refractivity contribution in [3.05, 3.63) is 38.3 Å². The summed E-state index contributed by atoms with van der Waals surface area (Å²) in [5, 5.41) is 10.1. The second-order valence-corrected chi connectivity index (χ2v) is 7.03. The van der Waals surface area contributed by atoms with E-state index in [1.54, 1.807) is 0 Å². The molecule has 0 atom stereocenters. The molecule has 3 nitrogen and oxygen atoms in total. The average molecular weight is 352 g/mol. The quantitative estimate of drug-likeness (QED) is 0.866. The molecule has 0 unspecified atom stereocenters. The van der Waals surface area contributed by atoms with Gasteiger partial charge in [0.25, 0.3) is 0 Å². The average Bonchev–Trinajstić information content (AvgIpc) is 3.13. The Balaban J connectivity index is 2.10. The molecule has 0 spiro atoms. The molecule has 3 rings (SSSR count). The molecule has 2 aromatic rings. The van der Waals surface area contributed by atoms with E-state index < -0.39 is 5.97 Å². The predicted molar refractivity (Wildman–Crippen MR) is 83.7 cm³/mol. The van der Waals surface area contributed by atoms with Crippen molar-refractivity contribution in [2.24, 2.45) is 0 Å². The van der Waals surface area contributed by atoms with Gasteiger partial charge in [0.2, 0.25) is 0 Å². The first-order valence-electron chi connectivity index (χ1n) is 6.48. The smallest absolute Gasteiger partial charge is 0.347 e. The minimum Gasteiger partial charge on any atom is -0.477 e. The van der Waals surface area contributed by atoms with E-state index in [1.165, 1.54) is 11.3 Å². The van der Waals surface area contributed by atoms with Crippen molar-refractivity contribution in [1.29, 1.82) is 0 Å². The predicted octanol–water partition coefficient (Wildman–Crippen LogP) is 4.77. The van der Waals surface area contributed by atoms with Crippen LogP contribution in [0.1, 0.15) is 45.3 Å². The molecule has 1 aliphatic rings. The number of hydrogen-bond acceptors (Lipinski definition) is 3. The number of carbonyl (C=O) groups is 1. The first-order chi connectivity index (χ1) is 9.47. The van der Waals surface area contributed by atoms with E-state index in [0.29, 0.717) is 10.8 Å². The lowest BCUT2D eigenvalue weighted by Gasteiger charge is -2.05. The Morgan fingerprint density at radius 2 is 1.95 bits per heavy atom. The molecule has 0 radical (unpaired) electrons. The molecular weight excluding hydrogens is 338 g/mol. The van der Waals surface area contributed by atoms with Gasteiger partial charge in [-0.1, -0.05) is 15.9 Å². The van der Waals surface area contributed by atoms with Crippen LogP contribution in [0.15, 0.2) is 16.6 Å². The van der Waals surface area contributed by atoms with Crippen molar-refractivity contribution < 1.29 is 9.90 Å². The first kappa shape index (κ1) is 13.8. The van der Waals surface area contributed by atoms with E-state index in [-0.39, 0.29) is 0 Å². The van der Waals surface area contributed by atoms with Gasteiger partial charge in [-0.3, -0.25) is 0 Å². The molecule has 1 saturated carbocycles. The highest BCUT2D eigenvalue weighted by Crippen LogP contribution is 2.44. The molecule has 0 aliphatic heterocycles. The number of rotatable bonds is 3. The number of aryl methyl sites for hydroxylation is 2. The van der Waals surface area contributed by atoms with Crippen LogP contribution in [0.5, 0.6) is 0 Å². The number of halogens is 1. The SMILES string of the molecule is Cc1cc(-c2nc(C3CC3)c(C(=O)O)s2)cc(C)c1Br. The standard InChI is InChI=1S/C15H14BrNO2S/c1-7-5-10(6-8(2)11(7)16)14-17-12(9-3-4-9)13(20-14)15(18)19/h5-6,9H,3-4H2,1-2H3,(H,18,19). The van der Waals surface area contributed by atoms with E-state index >= 15 is 0 Å². The van der Waals surface area contributed by atoms with Crippen molar-refractivity contribution in [3.63, 3.8) is 0 Å². The van der Waals surface area contributed by atoms with Gasteiger partial charge in [-0.25, -0.2) is 9.78 Å². The van der Waals surface area contributed by atoms with E-state index in [9.17, 15) is 9.90 Å². The molecule has 5 heteroatoms. The van der Waals surface area contributed by atoms with E-state index in [1.807, 2.05) is 13.8 Å². The summed E-state index contributed by atoms with van der Waals surface area (Å²) in [6.45, 7) is 4.07. The molecule has 0 bridgehead atoms. The lowest BCUT2D eigenvalue weighted by molar-refractivity contribution is 0.0700. The summed E-state index contributed by atoms with van der Waals surface area (Å²) in [6, 6.07) is 4.11. The molecule has 1 fully saturated rings. The Kier molecular flexibility index (Phi) is 3.42. The lowest BCUT2D eigenvalue weighted by atomic mass is 10.1. The van der Waals surface area contributed by atoms with Crippen molar-refractivity contribution in [1.82, 2.24) is 4.98 Å². The highest BCUT2D eigenvalue weighted by atomic mass is 79.9. The summed E-state index contributed by atoms with van der Waals surface area (Å²) in [5.41, 5.74) is 4.05. The van der Waals surface area contributed by atoms with E-state index in [2.05, 4.69) is 33.0 Å². The Labute approximate surface area is 129 Å². The van der Waals surface area contributed by atoms with Crippen LogP contribution in [0.25, 0.3) is 10.6 Å². The number of nitrogens with zero attached hydrogens (tertiary/aromatic N) is 1. The monoisotopic (exact) mass is 351 g/mol. The van der Waals surface area contributed by atoms with Gasteiger partial charge in [-0.2, -0.15) is 0 Å². The summed E-state index contributed by atoms with van der Waals surface area (Å²) < 4.78 is 1.10. The second-order valence-electron chi connectivity index (χ2n) is 5.24. The molecule has 104 valence electrons. The van der Waals surface area contributed by atoms with Crippen molar-refractivity contribution in [2.45, 2.75) is 32.6 Å². The third kappa shape index (κ3) is 2.40. The number of carboxylic acid groups (broad SMARTS) is 1. The van der Waals surface area contributed by atoms with Gasteiger partial charge in [0.05, 0.1) is 5.69 Å². The van der Waals surface area contributed by atoms with Gasteiger partial charge in [0.1, 0.15) is 9.88 Å². The fourth-order valence-corrected chi connectivity index (χ4v) is 3.52. The van der Waals surface area contributed by atoms with Crippen LogP contribution in [0.2, 0.25) is 0 Å². The number of thiazole rings is 1. The number of aromatic nitrogens is 1. The highest BCUT2D eigenvalue weighted by molar-refractivity contribution is 9.10. The van der Waals surface area contributed by atoms with Crippen LogP contribution < -0.4 is 0 Å². The maximum absolute atomic E-state index is 11.3. The number of benzene rings is 1. The largest absolute Gasteiger partial charge is 0.477 e. The molecule has 1 N–H and O–H groups in total. The van der Waals surface area contributed by atoms with E-state index in [0.717, 1.165) is 44.7 Å². The van der Waals surface area contributed by atoms with Crippen LogP contribution >= 0.6 is 27.3 Å². The fourth-order valence-electron chi connectivity index (χ4n) is 2.31. The zero-order chi connectivity index (χ0) is 14.4. The number of hydrogen-bond donors (Lipinski definition) is 1. The van der Waals surface area contributed by atoms with Gasteiger partial charge in [-0.15, -0.1) is 11.3 Å². The van der Waals surface area contributed by atoms with Gasteiger partial charge in [-0.05, 0) is 49.9 Å². The highest BCUT2D eigenvalue weighted by Gasteiger charge is 2.32. The Hall–Kier alpha value is -1.20. The lowest BCUT2D eigenvalue weighted by Crippen LogP contribution is -1.97. The van der Waals surface area contributed by atoms with E-state index in [4.69, 9.17) is 0 Å². The van der Waals surface area contributed by atoms with Gasteiger partial charge in [0, 0.05) is 16.0 Å². The maximum atomic E-state index is 11.3. The van der Waals surface area contributed by atoms with Crippen LogP contribution in [0.3, 0.4) is 0 Å². The van der Waals surface area contributed by atoms with Crippen LogP contribution in [-0.4, -0.2) is 16.1 Å². The minimum atomic E-state index is -0.860. The molecule has 20 heavy (non-hydrogen) atoms. The van der Waals surface area contributed by atoms with Crippen LogP contribution in [0.4, 0.5) is 0 Å². The third-order valence-corrected chi connectivity index (χ3v) is 5.85. The van der Waals surface area contributed by atoms with Crippen molar-refractivity contribution in [3.8, 4) is 10.6 Å². The summed E-state index contributed by atoms with van der Waals surface area (Å²) in [4.78, 5) is 16.4. The summed E-state index contributed by atoms with van der Waals surface area (Å²) >= 11 is 4.84. The first-order valence-corrected chi connectivity index (χ1v) is 8.09. The summed E-state index contributed by atoms with van der Waals surface area (Å²) in [5.74, 6) is -0.509. The fraction of sp³-hybridized carbons (Fsp3) is 0.333. The van der Waals surface area contributed by atoms with Crippen molar-refractivity contribution in [2.75, 3.05) is 0 Å². The zero-order valence-corrected chi connectivity index (χ0v) is 13.6. The van der Waals surface area contributed by atoms with Gasteiger partial charge in [0.15, 0.2) is 0 Å². The molecule has 0 saturated heterocycles. The normalized spacial score (nSPS) is 14.6. The number of carboxylic acids is 1. The minimum absolute atomic E-state index is 0.351. The third-order valence-electron chi connectivity index (χ3n) is 3.50. The summed E-state index contributed by atoms with van der Waals surface area (Å²) in [7, 11) is 0. The molecule has 1 aromatic heterocycles. The van der Waals surface area contributed by atoms with Gasteiger partial charge < -0.3 is 5.11 Å². The van der Waals surface area contributed by atoms with Crippen molar-refractivity contribution >= 4 is 33.2 Å².